The van der Waals surface area contributed by atoms with Crippen LogP contribution in [0.4, 0.5) is 17.6 Å². The first kappa shape index (κ1) is 24.8. The molecule has 0 amide bonds. The molecular formula is C27H34F4O. The smallest absolute Gasteiger partial charge is 0.339 e. The fraction of sp³-hybridized carbons (Fsp3) is 0.556. The van der Waals surface area contributed by atoms with E-state index in [2.05, 4.69) is 31.2 Å². The Bertz CT molecular complexity index is 828. The molecule has 1 heterocycles. The van der Waals surface area contributed by atoms with Crippen LogP contribution in [0, 0.1) is 0 Å². The summed E-state index contributed by atoms with van der Waals surface area (Å²) in [5.74, 6) is -7.89. The highest BCUT2D eigenvalue weighted by Gasteiger charge is 2.60. The van der Waals surface area contributed by atoms with E-state index in [-0.39, 0.29) is 6.42 Å². The average molecular weight is 451 g/mol. The van der Waals surface area contributed by atoms with Crippen LogP contribution in [0.5, 0.6) is 0 Å². The molecule has 0 bridgehead atoms. The van der Waals surface area contributed by atoms with Crippen LogP contribution < -0.4 is 0 Å². The number of halogens is 4. The number of ether oxygens (including phenoxy) is 1. The van der Waals surface area contributed by atoms with Gasteiger partial charge in [-0.3, -0.25) is 0 Å². The third-order valence-electron chi connectivity index (χ3n) is 6.47. The first-order valence-electron chi connectivity index (χ1n) is 11.8. The van der Waals surface area contributed by atoms with Gasteiger partial charge in [0.1, 0.15) is 0 Å². The van der Waals surface area contributed by atoms with Gasteiger partial charge in [-0.2, -0.15) is 17.6 Å². The molecule has 2 atom stereocenters. The topological polar surface area (TPSA) is 9.23 Å². The predicted octanol–water partition coefficient (Wildman–Crippen LogP) is 8.18. The molecule has 0 radical (unpaired) electrons. The SMILES string of the molecule is CCCC1=CC=C(/C=C/CCc2ccc(C3CCC(CCC)OC3)cc2)C(F)(F)C1(F)F. The first-order chi connectivity index (χ1) is 15.3. The van der Waals surface area contributed by atoms with E-state index >= 15 is 0 Å². The van der Waals surface area contributed by atoms with Gasteiger partial charge in [0.25, 0.3) is 0 Å². The summed E-state index contributed by atoms with van der Waals surface area (Å²) >= 11 is 0. The molecule has 1 saturated heterocycles. The summed E-state index contributed by atoms with van der Waals surface area (Å²) in [6, 6.07) is 8.35. The van der Waals surface area contributed by atoms with Gasteiger partial charge in [0.2, 0.25) is 0 Å². The number of hydrogen-bond acceptors (Lipinski definition) is 1. The standard InChI is InChI=1S/C27H34F4O/c1-3-7-23-16-17-24(27(30,31)26(23,28)29)10-6-5-9-20-11-13-21(14-12-20)22-15-18-25(8-4-2)32-19-22/h6,10-14,16-17,22,25H,3-5,7-9,15,18-19H2,1-2H3/b10-6+. The molecule has 1 nitrogen and oxygen atoms in total. The van der Waals surface area contributed by atoms with E-state index in [4.69, 9.17) is 4.74 Å². The lowest BCUT2D eigenvalue weighted by Crippen LogP contribution is -2.44. The molecule has 0 spiro atoms. The normalized spacial score (nSPS) is 24.9. The molecule has 1 aromatic rings. The highest BCUT2D eigenvalue weighted by Crippen LogP contribution is 2.48. The quantitative estimate of drug-likeness (QED) is 0.345. The number of alkyl halides is 4. The third-order valence-corrected chi connectivity index (χ3v) is 6.47. The molecule has 0 aromatic heterocycles. The highest BCUT2D eigenvalue weighted by atomic mass is 19.3. The second kappa shape index (κ2) is 10.8. The Hall–Kier alpha value is -1.88. The predicted molar refractivity (Wildman–Crippen MR) is 121 cm³/mol. The van der Waals surface area contributed by atoms with Crippen molar-refractivity contribution in [3.63, 3.8) is 0 Å². The summed E-state index contributed by atoms with van der Waals surface area (Å²) in [5, 5.41) is 0. The fourth-order valence-electron chi connectivity index (χ4n) is 4.49. The minimum absolute atomic E-state index is 0.0294. The largest absolute Gasteiger partial charge is 0.378 e. The van der Waals surface area contributed by atoms with Crippen LogP contribution in [0.1, 0.15) is 75.8 Å². The minimum Gasteiger partial charge on any atom is -0.378 e. The van der Waals surface area contributed by atoms with Gasteiger partial charge < -0.3 is 4.74 Å². The zero-order chi connectivity index (χ0) is 23.2. The van der Waals surface area contributed by atoms with Gasteiger partial charge in [-0.05, 0) is 49.7 Å². The maximum atomic E-state index is 14.3. The third kappa shape index (κ3) is 5.54. The van der Waals surface area contributed by atoms with Crippen LogP contribution in [-0.4, -0.2) is 24.6 Å². The van der Waals surface area contributed by atoms with Gasteiger partial charge in [0.05, 0.1) is 12.7 Å². The zero-order valence-electron chi connectivity index (χ0n) is 19.1. The van der Waals surface area contributed by atoms with Gasteiger partial charge in [-0.25, -0.2) is 0 Å². The van der Waals surface area contributed by atoms with Gasteiger partial charge in [-0.1, -0.05) is 75.3 Å². The zero-order valence-corrected chi connectivity index (χ0v) is 19.1. The van der Waals surface area contributed by atoms with E-state index in [1.54, 1.807) is 13.0 Å². The summed E-state index contributed by atoms with van der Waals surface area (Å²) < 4.78 is 63.1. The van der Waals surface area contributed by atoms with Crippen molar-refractivity contribution in [2.45, 2.75) is 89.1 Å². The van der Waals surface area contributed by atoms with Crippen molar-refractivity contribution in [3.8, 4) is 0 Å². The summed E-state index contributed by atoms with van der Waals surface area (Å²) in [6.07, 6.45) is 11.4. The average Bonchev–Trinajstić information content (AvgIpc) is 2.77. The van der Waals surface area contributed by atoms with Crippen molar-refractivity contribution < 1.29 is 22.3 Å². The van der Waals surface area contributed by atoms with Gasteiger partial charge in [-0.15, -0.1) is 0 Å². The molecule has 0 N–H and O–H groups in total. The summed E-state index contributed by atoms with van der Waals surface area (Å²) in [6.45, 7) is 4.64. The number of rotatable bonds is 9. The van der Waals surface area contributed by atoms with Crippen LogP contribution in [-0.2, 0) is 11.2 Å². The molecule has 2 unspecified atom stereocenters. The molecule has 1 aliphatic heterocycles. The maximum absolute atomic E-state index is 14.3. The lowest BCUT2D eigenvalue weighted by molar-refractivity contribution is -0.162. The Balaban J connectivity index is 1.53. The molecule has 1 aromatic carbocycles. The van der Waals surface area contributed by atoms with E-state index in [1.807, 2.05) is 0 Å². The highest BCUT2D eigenvalue weighted by molar-refractivity contribution is 5.43. The Morgan fingerprint density at radius 1 is 0.938 bits per heavy atom. The molecule has 1 fully saturated rings. The van der Waals surface area contributed by atoms with Crippen molar-refractivity contribution in [3.05, 3.63) is 70.8 Å². The van der Waals surface area contributed by atoms with Gasteiger partial charge >= 0.3 is 11.8 Å². The van der Waals surface area contributed by atoms with Crippen LogP contribution in [0.2, 0.25) is 0 Å². The number of allylic oxidation sites excluding steroid dienone is 6. The van der Waals surface area contributed by atoms with Crippen molar-refractivity contribution in [2.75, 3.05) is 6.61 Å². The van der Waals surface area contributed by atoms with E-state index in [0.29, 0.717) is 31.3 Å². The molecule has 32 heavy (non-hydrogen) atoms. The number of hydrogen-bond donors (Lipinski definition) is 0. The van der Waals surface area contributed by atoms with E-state index in [1.165, 1.54) is 5.56 Å². The lowest BCUT2D eigenvalue weighted by Gasteiger charge is -2.32. The molecule has 3 rings (SSSR count). The second-order valence-corrected chi connectivity index (χ2v) is 8.91. The van der Waals surface area contributed by atoms with Crippen molar-refractivity contribution >= 4 is 0 Å². The van der Waals surface area contributed by atoms with Crippen molar-refractivity contribution in [2.24, 2.45) is 0 Å². The van der Waals surface area contributed by atoms with Crippen LogP contribution >= 0.6 is 0 Å². The molecular weight excluding hydrogens is 416 g/mol. The Morgan fingerprint density at radius 3 is 2.31 bits per heavy atom. The van der Waals surface area contributed by atoms with E-state index < -0.39 is 23.0 Å². The van der Waals surface area contributed by atoms with Crippen molar-refractivity contribution in [1.29, 1.82) is 0 Å². The number of aryl methyl sites for hydroxylation is 1. The van der Waals surface area contributed by atoms with E-state index in [9.17, 15) is 17.6 Å². The number of benzene rings is 1. The summed E-state index contributed by atoms with van der Waals surface area (Å²) in [7, 11) is 0. The van der Waals surface area contributed by atoms with Crippen molar-refractivity contribution in [1.82, 2.24) is 0 Å². The molecule has 0 saturated carbocycles. The Kier molecular flexibility index (Phi) is 8.37. The molecule has 1 aliphatic carbocycles. The van der Waals surface area contributed by atoms with Crippen LogP contribution in [0.3, 0.4) is 0 Å². The minimum atomic E-state index is -4.18. The Labute approximate surface area is 189 Å². The summed E-state index contributed by atoms with van der Waals surface area (Å²) in [4.78, 5) is 0. The first-order valence-corrected chi connectivity index (χ1v) is 11.8. The van der Waals surface area contributed by atoms with Crippen LogP contribution in [0.25, 0.3) is 0 Å². The molecule has 2 aliphatic rings. The summed E-state index contributed by atoms with van der Waals surface area (Å²) in [5.41, 5.74) is 1.24. The van der Waals surface area contributed by atoms with Crippen LogP contribution in [0.15, 0.2) is 59.7 Å². The maximum Gasteiger partial charge on any atom is 0.339 e. The second-order valence-electron chi connectivity index (χ2n) is 8.91. The molecule has 5 heteroatoms. The Morgan fingerprint density at radius 2 is 1.69 bits per heavy atom. The lowest BCUT2D eigenvalue weighted by atomic mass is 9.87. The van der Waals surface area contributed by atoms with E-state index in [0.717, 1.165) is 56.1 Å². The van der Waals surface area contributed by atoms with Gasteiger partial charge in [0.15, 0.2) is 0 Å². The van der Waals surface area contributed by atoms with Gasteiger partial charge in [0, 0.05) is 17.1 Å². The fourth-order valence-corrected chi connectivity index (χ4v) is 4.49. The monoisotopic (exact) mass is 450 g/mol. The molecule has 176 valence electrons.